The second-order valence-electron chi connectivity index (χ2n) is 5.28. The van der Waals surface area contributed by atoms with E-state index in [0.29, 0.717) is 12.7 Å². The van der Waals surface area contributed by atoms with Crippen LogP contribution in [0.4, 0.5) is 0 Å². The van der Waals surface area contributed by atoms with Gasteiger partial charge in [-0.15, -0.1) is 0 Å². The van der Waals surface area contributed by atoms with E-state index in [1.807, 2.05) is 24.3 Å². The maximum atomic E-state index is 5.55. The molecule has 0 fully saturated rings. The van der Waals surface area contributed by atoms with Crippen LogP contribution < -0.4 is 25.4 Å². The van der Waals surface area contributed by atoms with Crippen LogP contribution in [-0.2, 0) is 0 Å². The van der Waals surface area contributed by atoms with Crippen LogP contribution in [0.3, 0.4) is 0 Å². The number of benzene rings is 3. The molecule has 0 aromatic heterocycles. The topological polar surface area (TPSA) is 18.5 Å². The van der Waals surface area contributed by atoms with Gasteiger partial charge in [0.05, 0.1) is 0 Å². The Kier molecular flexibility index (Phi) is 6.83. The van der Waals surface area contributed by atoms with Crippen molar-refractivity contribution in [2.75, 3.05) is 12.7 Å². The first-order valence-electron chi connectivity index (χ1n) is 8.03. The minimum Gasteiger partial charge on any atom is -0.490 e. The Morgan fingerprint density at radius 1 is 0.560 bits per heavy atom. The molecule has 5 heteroatoms. The lowest BCUT2D eigenvalue weighted by atomic mass is 10.3. The summed E-state index contributed by atoms with van der Waals surface area (Å²) in [6.45, 7) is 0. The van der Waals surface area contributed by atoms with Crippen molar-refractivity contribution in [2.45, 2.75) is 0 Å². The Hall–Kier alpha value is -1.45. The van der Waals surface area contributed by atoms with E-state index < -0.39 is 7.92 Å². The van der Waals surface area contributed by atoms with Crippen LogP contribution >= 0.6 is 26.4 Å². The summed E-state index contributed by atoms with van der Waals surface area (Å²) < 4.78 is 11.1. The van der Waals surface area contributed by atoms with Crippen LogP contribution in [0.5, 0.6) is 11.5 Å². The average molecular weight is 386 g/mol. The molecular formula is C20H21O2P3. The molecule has 0 aliphatic heterocycles. The molecule has 0 N–H and O–H groups in total. The first-order chi connectivity index (χ1) is 12.3. The predicted octanol–water partition coefficient (Wildman–Crippen LogP) is 3.87. The summed E-state index contributed by atoms with van der Waals surface area (Å²) in [5, 5.41) is 3.94. The van der Waals surface area contributed by atoms with Crippen molar-refractivity contribution in [1.82, 2.24) is 0 Å². The van der Waals surface area contributed by atoms with E-state index >= 15 is 0 Å². The molecule has 128 valence electrons. The average Bonchev–Trinajstić information content (AvgIpc) is 2.66. The minimum atomic E-state index is -0.611. The molecule has 0 amide bonds. The van der Waals surface area contributed by atoms with Crippen molar-refractivity contribution in [1.29, 1.82) is 0 Å². The normalized spacial score (nSPS) is 10.7. The third-order valence-corrected chi connectivity index (χ3v) is 6.48. The summed E-state index contributed by atoms with van der Waals surface area (Å²) in [6, 6.07) is 27.5. The van der Waals surface area contributed by atoms with Gasteiger partial charge in [0, 0.05) is 0 Å². The van der Waals surface area contributed by atoms with Crippen LogP contribution in [0.1, 0.15) is 0 Å². The van der Waals surface area contributed by atoms with Gasteiger partial charge < -0.3 is 9.47 Å². The number of hydrogen-bond acceptors (Lipinski definition) is 2. The van der Waals surface area contributed by atoms with Gasteiger partial charge in [-0.1, -0.05) is 73.1 Å². The highest BCUT2D eigenvalue weighted by molar-refractivity contribution is 7.79. The lowest BCUT2D eigenvalue weighted by Crippen LogP contribution is -2.20. The maximum absolute atomic E-state index is 5.55. The predicted molar refractivity (Wildman–Crippen MR) is 116 cm³/mol. The van der Waals surface area contributed by atoms with Crippen molar-refractivity contribution in [2.24, 2.45) is 0 Å². The first kappa shape index (κ1) is 18.3. The molecule has 3 aromatic carbocycles. The standard InChI is InChI=1S/C20H21O2P3/c23-14-21-16-6-10-19(11-7-16)25(18-4-2-1-3-5-18)20-12-8-17(9-13-20)22-15-24/h1-13H,14-15,23-24H2. The highest BCUT2D eigenvalue weighted by Gasteiger charge is 2.16. The van der Waals surface area contributed by atoms with Crippen molar-refractivity contribution in [3.63, 3.8) is 0 Å². The van der Waals surface area contributed by atoms with E-state index in [9.17, 15) is 0 Å². The van der Waals surface area contributed by atoms with Crippen LogP contribution in [0.15, 0.2) is 78.9 Å². The summed E-state index contributed by atoms with van der Waals surface area (Å²) in [7, 11) is 4.54. The van der Waals surface area contributed by atoms with Crippen molar-refractivity contribution in [3.05, 3.63) is 78.9 Å². The van der Waals surface area contributed by atoms with Gasteiger partial charge in [-0.2, -0.15) is 0 Å². The van der Waals surface area contributed by atoms with E-state index in [-0.39, 0.29) is 0 Å². The van der Waals surface area contributed by atoms with Gasteiger partial charge in [-0.05, 0) is 48.1 Å². The van der Waals surface area contributed by atoms with Crippen molar-refractivity contribution >= 4 is 42.3 Å². The van der Waals surface area contributed by atoms with Gasteiger partial charge in [0.25, 0.3) is 0 Å². The molecule has 0 aliphatic rings. The molecule has 0 bridgehead atoms. The third-order valence-electron chi connectivity index (χ3n) is 3.70. The molecule has 0 spiro atoms. The molecule has 25 heavy (non-hydrogen) atoms. The van der Waals surface area contributed by atoms with Gasteiger partial charge in [0.15, 0.2) is 0 Å². The highest BCUT2D eigenvalue weighted by Crippen LogP contribution is 2.33. The molecule has 0 heterocycles. The number of rotatable bonds is 7. The molecule has 3 rings (SSSR count). The third kappa shape index (κ3) is 4.80. The van der Waals surface area contributed by atoms with E-state index in [0.717, 1.165) is 11.5 Å². The maximum Gasteiger partial charge on any atom is 0.119 e. The molecule has 2 unspecified atom stereocenters. The highest BCUT2D eigenvalue weighted by atomic mass is 31.1. The zero-order chi connectivity index (χ0) is 17.5. The molecule has 0 saturated heterocycles. The van der Waals surface area contributed by atoms with Crippen LogP contribution in [0.2, 0.25) is 0 Å². The van der Waals surface area contributed by atoms with Crippen LogP contribution in [-0.4, -0.2) is 12.7 Å². The van der Waals surface area contributed by atoms with E-state index in [1.54, 1.807) is 0 Å². The zero-order valence-electron chi connectivity index (χ0n) is 13.8. The lowest BCUT2D eigenvalue weighted by molar-refractivity contribution is 0.392. The van der Waals surface area contributed by atoms with E-state index in [2.05, 4.69) is 73.1 Å². The summed E-state index contributed by atoms with van der Waals surface area (Å²) in [4.78, 5) is 0. The van der Waals surface area contributed by atoms with Crippen LogP contribution in [0, 0.1) is 0 Å². The largest absolute Gasteiger partial charge is 0.490 e. The number of hydrogen-bond donors (Lipinski definition) is 0. The molecular weight excluding hydrogens is 365 g/mol. The molecule has 2 atom stereocenters. The van der Waals surface area contributed by atoms with Gasteiger partial charge >= 0.3 is 0 Å². The monoisotopic (exact) mass is 386 g/mol. The molecule has 0 saturated carbocycles. The van der Waals surface area contributed by atoms with Gasteiger partial charge in [0.1, 0.15) is 24.2 Å². The Labute approximate surface area is 155 Å². The summed E-state index contributed by atoms with van der Waals surface area (Å²) in [6.07, 6.45) is 1.20. The quantitative estimate of drug-likeness (QED) is 0.574. The Balaban J connectivity index is 1.98. The zero-order valence-corrected chi connectivity index (χ0v) is 17.0. The molecule has 3 aromatic rings. The minimum absolute atomic E-state index is 0.601. The summed E-state index contributed by atoms with van der Waals surface area (Å²) in [5.41, 5.74) is 0. The second kappa shape index (κ2) is 9.30. The van der Waals surface area contributed by atoms with E-state index in [4.69, 9.17) is 9.47 Å². The lowest BCUT2D eigenvalue weighted by Gasteiger charge is -2.20. The summed E-state index contributed by atoms with van der Waals surface area (Å²) >= 11 is 0. The Bertz CT molecular complexity index is 725. The first-order valence-corrected chi connectivity index (χ1v) is 11.0. The van der Waals surface area contributed by atoms with E-state index in [1.165, 1.54) is 15.9 Å². The summed E-state index contributed by atoms with van der Waals surface area (Å²) in [5.74, 6) is 1.79. The fourth-order valence-corrected chi connectivity index (χ4v) is 5.24. The molecule has 0 radical (unpaired) electrons. The van der Waals surface area contributed by atoms with Gasteiger partial charge in [-0.25, -0.2) is 0 Å². The van der Waals surface area contributed by atoms with Crippen molar-refractivity contribution < 1.29 is 9.47 Å². The fourth-order valence-electron chi connectivity index (χ4n) is 2.60. The fraction of sp³-hybridized carbons (Fsp3) is 0.100. The van der Waals surface area contributed by atoms with Crippen LogP contribution in [0.25, 0.3) is 0 Å². The second-order valence-corrected chi connectivity index (χ2v) is 8.17. The van der Waals surface area contributed by atoms with Gasteiger partial charge in [0.2, 0.25) is 0 Å². The Morgan fingerprint density at radius 3 is 1.36 bits per heavy atom. The Morgan fingerprint density at radius 2 is 0.960 bits per heavy atom. The van der Waals surface area contributed by atoms with Gasteiger partial charge in [-0.3, -0.25) is 0 Å². The smallest absolute Gasteiger partial charge is 0.119 e. The van der Waals surface area contributed by atoms with Crippen molar-refractivity contribution in [3.8, 4) is 11.5 Å². The molecule has 0 aliphatic carbocycles. The molecule has 2 nitrogen and oxygen atoms in total. The SMILES string of the molecule is PCOc1ccc(P(c2ccccc2)c2ccc(OCP)cc2)cc1. The number of ether oxygens (including phenoxy) is 2.